The van der Waals surface area contributed by atoms with Crippen molar-refractivity contribution in [1.82, 2.24) is 0 Å². The molecule has 2 rings (SSSR count). The molecule has 1 saturated carbocycles. The average molecular weight is 278 g/mol. The molecule has 2 aliphatic rings. The van der Waals surface area contributed by atoms with Gasteiger partial charge in [0.25, 0.3) is 5.79 Å². The van der Waals surface area contributed by atoms with Gasteiger partial charge in [-0.05, 0) is 31.1 Å². The van der Waals surface area contributed by atoms with Crippen LogP contribution in [0.15, 0.2) is 24.5 Å². The van der Waals surface area contributed by atoms with Crippen LogP contribution in [0, 0.1) is 17.8 Å². The van der Waals surface area contributed by atoms with E-state index in [1.54, 1.807) is 0 Å². The Morgan fingerprint density at radius 1 is 1.45 bits per heavy atom. The molecule has 0 radical (unpaired) electrons. The summed E-state index contributed by atoms with van der Waals surface area (Å²) in [4.78, 5) is 12.0. The van der Waals surface area contributed by atoms with Crippen molar-refractivity contribution in [1.29, 1.82) is 0 Å². The first-order valence-corrected chi connectivity index (χ1v) is 7.70. The molecular weight excluding hydrogens is 252 g/mol. The number of rotatable bonds is 4. The molecule has 1 spiro atoms. The van der Waals surface area contributed by atoms with Crippen molar-refractivity contribution in [3.05, 3.63) is 24.5 Å². The lowest BCUT2D eigenvalue weighted by Crippen LogP contribution is -2.52. The molecule has 0 amide bonds. The number of hydrogen-bond acceptors (Lipinski definition) is 3. The second kappa shape index (κ2) is 6.02. The zero-order valence-corrected chi connectivity index (χ0v) is 12.9. The molecule has 0 N–H and O–H groups in total. The molecular formula is C17H26O3. The Balaban J connectivity index is 2.24. The monoisotopic (exact) mass is 278 g/mol. The number of carbonyl (C=O) groups is 1. The minimum Gasteiger partial charge on any atom is -0.456 e. The van der Waals surface area contributed by atoms with E-state index in [0.29, 0.717) is 11.8 Å². The Labute approximate surface area is 122 Å². The van der Waals surface area contributed by atoms with Gasteiger partial charge in [-0.2, -0.15) is 0 Å². The maximum atomic E-state index is 12.0. The van der Waals surface area contributed by atoms with Crippen LogP contribution in [-0.2, 0) is 14.3 Å². The van der Waals surface area contributed by atoms with Gasteiger partial charge >= 0.3 is 5.97 Å². The zero-order chi connectivity index (χ0) is 14.8. The van der Waals surface area contributed by atoms with Crippen LogP contribution in [0.2, 0.25) is 0 Å². The highest BCUT2D eigenvalue weighted by molar-refractivity contribution is 5.83. The van der Waals surface area contributed by atoms with Gasteiger partial charge in [-0.15, -0.1) is 6.58 Å². The second-order valence-corrected chi connectivity index (χ2v) is 6.51. The zero-order valence-electron chi connectivity index (χ0n) is 12.9. The highest BCUT2D eigenvalue weighted by Gasteiger charge is 2.51. The Morgan fingerprint density at radius 3 is 2.85 bits per heavy atom. The average Bonchev–Trinajstić information content (AvgIpc) is 2.34. The van der Waals surface area contributed by atoms with Crippen molar-refractivity contribution in [2.75, 3.05) is 0 Å². The summed E-state index contributed by atoms with van der Waals surface area (Å²) in [7, 11) is 0. The summed E-state index contributed by atoms with van der Waals surface area (Å²) in [5.41, 5.74) is 0. The predicted molar refractivity (Wildman–Crippen MR) is 78.8 cm³/mol. The van der Waals surface area contributed by atoms with Crippen LogP contribution in [0.25, 0.3) is 0 Å². The van der Waals surface area contributed by atoms with Gasteiger partial charge in [0.05, 0.1) is 6.08 Å². The molecule has 112 valence electrons. The first kappa shape index (κ1) is 15.1. The van der Waals surface area contributed by atoms with Crippen LogP contribution in [0.1, 0.15) is 52.9 Å². The fraction of sp³-hybridized carbons (Fsp3) is 0.706. The summed E-state index contributed by atoms with van der Waals surface area (Å²) in [5, 5.41) is 0. The third-order valence-electron chi connectivity index (χ3n) is 4.42. The molecule has 0 bridgehead atoms. The van der Waals surface area contributed by atoms with Crippen LogP contribution < -0.4 is 0 Å². The number of ether oxygens (including phenoxy) is 2. The lowest BCUT2D eigenvalue weighted by molar-refractivity contribution is -0.269. The highest BCUT2D eigenvalue weighted by Crippen LogP contribution is 2.47. The van der Waals surface area contributed by atoms with Gasteiger partial charge < -0.3 is 9.47 Å². The minimum atomic E-state index is -0.742. The van der Waals surface area contributed by atoms with Gasteiger partial charge in [-0.25, -0.2) is 4.79 Å². The normalized spacial score (nSPS) is 33.6. The smallest absolute Gasteiger partial charge is 0.337 e. The van der Waals surface area contributed by atoms with Gasteiger partial charge in [0, 0.05) is 18.8 Å². The summed E-state index contributed by atoms with van der Waals surface area (Å²) < 4.78 is 11.9. The van der Waals surface area contributed by atoms with Crippen molar-refractivity contribution in [2.24, 2.45) is 17.8 Å². The Hall–Kier alpha value is -1.25. The Kier molecular flexibility index (Phi) is 4.56. The fourth-order valence-corrected chi connectivity index (χ4v) is 3.47. The maximum Gasteiger partial charge on any atom is 0.337 e. The number of carbonyl (C=O) groups excluding carboxylic acids is 1. The molecule has 3 nitrogen and oxygen atoms in total. The molecule has 3 atom stereocenters. The molecule has 1 heterocycles. The lowest BCUT2D eigenvalue weighted by Gasteiger charge is -2.48. The molecule has 20 heavy (non-hydrogen) atoms. The number of allylic oxidation sites excluding steroid dienone is 2. The maximum absolute atomic E-state index is 12.0. The van der Waals surface area contributed by atoms with Crippen LogP contribution in [0.4, 0.5) is 0 Å². The van der Waals surface area contributed by atoms with E-state index in [-0.39, 0.29) is 11.9 Å². The molecule has 1 aliphatic carbocycles. The van der Waals surface area contributed by atoms with Gasteiger partial charge in [-0.1, -0.05) is 26.8 Å². The molecule has 1 aliphatic heterocycles. The van der Waals surface area contributed by atoms with Gasteiger partial charge in [0.1, 0.15) is 5.76 Å². The van der Waals surface area contributed by atoms with E-state index >= 15 is 0 Å². The predicted octanol–water partition coefficient (Wildman–Crippen LogP) is 4.20. The van der Waals surface area contributed by atoms with Crippen molar-refractivity contribution < 1.29 is 14.3 Å². The van der Waals surface area contributed by atoms with Crippen LogP contribution in [0.3, 0.4) is 0 Å². The van der Waals surface area contributed by atoms with Crippen molar-refractivity contribution >= 4 is 5.97 Å². The van der Waals surface area contributed by atoms with Crippen LogP contribution in [0.5, 0.6) is 0 Å². The summed E-state index contributed by atoms with van der Waals surface area (Å²) >= 11 is 0. The van der Waals surface area contributed by atoms with E-state index in [1.807, 2.05) is 6.08 Å². The quantitative estimate of drug-likeness (QED) is 0.571. The van der Waals surface area contributed by atoms with E-state index in [2.05, 4.69) is 27.4 Å². The summed E-state index contributed by atoms with van der Waals surface area (Å²) in [6.45, 7) is 10.3. The van der Waals surface area contributed by atoms with Crippen molar-refractivity contribution in [2.45, 2.75) is 58.7 Å². The van der Waals surface area contributed by atoms with E-state index in [1.165, 1.54) is 12.5 Å². The molecule has 0 saturated heterocycles. The Morgan fingerprint density at radius 2 is 2.20 bits per heavy atom. The van der Waals surface area contributed by atoms with E-state index in [9.17, 15) is 4.79 Å². The Bertz CT molecular complexity index is 410. The van der Waals surface area contributed by atoms with Crippen LogP contribution in [-0.4, -0.2) is 11.8 Å². The topological polar surface area (TPSA) is 35.5 Å². The molecule has 3 heteroatoms. The lowest BCUT2D eigenvalue weighted by atomic mass is 9.72. The summed E-state index contributed by atoms with van der Waals surface area (Å²) in [6, 6.07) is 0. The van der Waals surface area contributed by atoms with Gasteiger partial charge in [0.15, 0.2) is 0 Å². The molecule has 1 fully saturated rings. The third kappa shape index (κ3) is 3.08. The molecule has 0 aromatic carbocycles. The van der Waals surface area contributed by atoms with Crippen molar-refractivity contribution in [3.8, 4) is 0 Å². The van der Waals surface area contributed by atoms with Crippen molar-refractivity contribution in [3.63, 3.8) is 0 Å². The first-order chi connectivity index (χ1) is 9.47. The third-order valence-corrected chi connectivity index (χ3v) is 4.42. The van der Waals surface area contributed by atoms with Gasteiger partial charge in [-0.3, -0.25) is 0 Å². The standard InChI is InChI=1S/C17H26O3/c1-5-6-7-14-10-16(18)20-17(19-14)11-13(4)8-9-15(17)12(2)3/h5,10,12-13,15H,1,6-9,11H2,2-4H3/t13-,15+,17+/m1/s1. The van der Waals surface area contributed by atoms with E-state index < -0.39 is 5.79 Å². The highest BCUT2D eigenvalue weighted by atomic mass is 16.7. The van der Waals surface area contributed by atoms with Crippen LogP contribution >= 0.6 is 0 Å². The summed E-state index contributed by atoms with van der Waals surface area (Å²) in [5.74, 6) is 0.991. The first-order valence-electron chi connectivity index (χ1n) is 7.70. The van der Waals surface area contributed by atoms with Gasteiger partial charge in [0.2, 0.25) is 0 Å². The second-order valence-electron chi connectivity index (χ2n) is 6.51. The summed E-state index contributed by atoms with van der Waals surface area (Å²) in [6.07, 6.45) is 7.91. The molecule has 0 unspecified atom stereocenters. The SMILES string of the molecule is C=CCCC1=CC(=O)O[C@]2(C[C@H](C)CC[C@H]2C(C)C)O1. The molecule has 0 aromatic heterocycles. The minimum absolute atomic E-state index is 0.255. The molecule has 0 aromatic rings. The number of hydrogen-bond donors (Lipinski definition) is 0. The largest absolute Gasteiger partial charge is 0.456 e. The fourth-order valence-electron chi connectivity index (χ4n) is 3.47. The van der Waals surface area contributed by atoms with E-state index in [4.69, 9.17) is 9.47 Å². The van der Waals surface area contributed by atoms with E-state index in [0.717, 1.165) is 31.4 Å². The number of esters is 1.